The Morgan fingerprint density at radius 2 is 0.947 bits per heavy atom. The molecule has 210 valence electrons. The first kappa shape index (κ1) is 31.2. The van der Waals surface area contributed by atoms with Crippen LogP contribution in [0.1, 0.15) is 110 Å². The van der Waals surface area contributed by atoms with Crippen molar-refractivity contribution in [1.29, 1.82) is 0 Å². The third-order valence-electron chi connectivity index (χ3n) is 6.71. The molecule has 0 atom stereocenters. The van der Waals surface area contributed by atoms with Gasteiger partial charge in [0, 0.05) is 11.4 Å². The summed E-state index contributed by atoms with van der Waals surface area (Å²) in [5.74, 6) is -0.707. The van der Waals surface area contributed by atoms with Gasteiger partial charge in [-0.15, -0.1) is 0 Å². The molecule has 2 amide bonds. The molecule has 2 aromatic rings. The molecule has 0 aromatic heterocycles. The highest BCUT2D eigenvalue weighted by Crippen LogP contribution is 2.18. The standard InChI is InChI=1S/C32H48N2O4/c1-2-3-4-5-6-7-8-9-10-11-12-13-14-15-16-17-26-38-30-24-20-28(21-25-30)34-32(37)31(36)33-27-18-22-29(35)23-19-27/h18-25,35H,2-17,26H2,1H3,(H,33,36)(H,34,37). The number of phenolic OH excluding ortho intramolecular Hbond substituents is 1. The predicted molar refractivity (Wildman–Crippen MR) is 157 cm³/mol. The summed E-state index contributed by atoms with van der Waals surface area (Å²) in [6.45, 7) is 2.95. The molecule has 0 radical (unpaired) electrons. The first-order valence-corrected chi connectivity index (χ1v) is 14.7. The molecule has 0 spiro atoms. The van der Waals surface area contributed by atoms with E-state index >= 15 is 0 Å². The Hall–Kier alpha value is -3.02. The van der Waals surface area contributed by atoms with E-state index in [9.17, 15) is 14.7 Å². The van der Waals surface area contributed by atoms with E-state index in [-0.39, 0.29) is 5.75 Å². The van der Waals surface area contributed by atoms with Crippen LogP contribution >= 0.6 is 0 Å². The minimum absolute atomic E-state index is 0.0876. The van der Waals surface area contributed by atoms with Crippen molar-refractivity contribution in [2.75, 3.05) is 17.2 Å². The molecule has 2 rings (SSSR count). The number of anilines is 2. The monoisotopic (exact) mass is 524 g/mol. The van der Waals surface area contributed by atoms with Crippen molar-refractivity contribution in [1.82, 2.24) is 0 Å². The molecule has 0 bridgehead atoms. The zero-order valence-electron chi connectivity index (χ0n) is 23.3. The number of phenols is 1. The Balaban J connectivity index is 1.43. The quantitative estimate of drug-likeness (QED) is 0.0919. The number of hydrogen-bond acceptors (Lipinski definition) is 4. The molecule has 0 aliphatic heterocycles. The van der Waals surface area contributed by atoms with Crippen molar-refractivity contribution < 1.29 is 19.4 Å². The van der Waals surface area contributed by atoms with Gasteiger partial charge in [-0.25, -0.2) is 0 Å². The van der Waals surface area contributed by atoms with E-state index in [1.165, 1.54) is 121 Å². The molecule has 6 nitrogen and oxygen atoms in total. The van der Waals surface area contributed by atoms with E-state index in [4.69, 9.17) is 4.74 Å². The largest absolute Gasteiger partial charge is 0.508 e. The average molecular weight is 525 g/mol. The lowest BCUT2D eigenvalue weighted by Gasteiger charge is -2.09. The van der Waals surface area contributed by atoms with E-state index in [1.54, 1.807) is 24.3 Å². The number of nitrogens with one attached hydrogen (secondary N) is 2. The smallest absolute Gasteiger partial charge is 0.314 e. The summed E-state index contributed by atoms with van der Waals surface area (Å²) >= 11 is 0. The highest BCUT2D eigenvalue weighted by molar-refractivity contribution is 6.43. The second kappa shape index (κ2) is 20.0. The minimum atomic E-state index is -0.778. The molecular formula is C32H48N2O4. The van der Waals surface area contributed by atoms with Gasteiger partial charge >= 0.3 is 11.8 Å². The molecule has 2 aromatic carbocycles. The van der Waals surface area contributed by atoms with Gasteiger partial charge in [0.05, 0.1) is 6.61 Å². The van der Waals surface area contributed by atoms with E-state index in [2.05, 4.69) is 17.6 Å². The molecule has 6 heteroatoms. The van der Waals surface area contributed by atoms with Crippen molar-refractivity contribution in [2.24, 2.45) is 0 Å². The van der Waals surface area contributed by atoms with Gasteiger partial charge in [-0.05, 0) is 55.0 Å². The molecule has 0 saturated carbocycles. The van der Waals surface area contributed by atoms with Crippen LogP contribution in [0.3, 0.4) is 0 Å². The maximum Gasteiger partial charge on any atom is 0.314 e. The van der Waals surface area contributed by atoms with Gasteiger partial charge in [0.25, 0.3) is 0 Å². The third-order valence-corrected chi connectivity index (χ3v) is 6.71. The summed E-state index contributed by atoms with van der Waals surface area (Å²) in [7, 11) is 0. The second-order valence-corrected chi connectivity index (χ2v) is 10.1. The fourth-order valence-electron chi connectivity index (χ4n) is 4.40. The normalized spacial score (nSPS) is 10.8. The van der Waals surface area contributed by atoms with Gasteiger partial charge in [-0.3, -0.25) is 9.59 Å². The Labute approximate surface area is 229 Å². The number of rotatable bonds is 20. The highest BCUT2D eigenvalue weighted by atomic mass is 16.5. The summed E-state index contributed by atoms with van der Waals surface area (Å²) in [5.41, 5.74) is 0.950. The summed E-state index contributed by atoms with van der Waals surface area (Å²) in [6.07, 6.45) is 21.6. The number of carbonyl (C=O) groups is 2. The zero-order valence-corrected chi connectivity index (χ0v) is 23.3. The predicted octanol–water partition coefficient (Wildman–Crippen LogP) is 8.61. The summed E-state index contributed by atoms with van der Waals surface area (Å²) < 4.78 is 5.81. The first-order chi connectivity index (χ1) is 18.6. The van der Waals surface area contributed by atoms with Crippen LogP contribution < -0.4 is 15.4 Å². The summed E-state index contributed by atoms with van der Waals surface area (Å²) in [4.78, 5) is 24.2. The molecule has 0 aliphatic carbocycles. The molecular weight excluding hydrogens is 476 g/mol. The second-order valence-electron chi connectivity index (χ2n) is 10.1. The lowest BCUT2D eigenvalue weighted by Crippen LogP contribution is -2.29. The topological polar surface area (TPSA) is 87.7 Å². The average Bonchev–Trinajstić information content (AvgIpc) is 2.92. The van der Waals surface area contributed by atoms with Crippen molar-refractivity contribution in [3.05, 3.63) is 48.5 Å². The number of aromatic hydroxyl groups is 1. The molecule has 0 heterocycles. The van der Waals surface area contributed by atoms with Crippen LogP contribution in [0, 0.1) is 0 Å². The molecule has 0 saturated heterocycles. The number of unbranched alkanes of at least 4 members (excludes halogenated alkanes) is 15. The molecule has 0 fully saturated rings. The first-order valence-electron chi connectivity index (χ1n) is 14.7. The molecule has 0 unspecified atom stereocenters. The number of amides is 2. The van der Waals surface area contributed by atoms with E-state index in [0.29, 0.717) is 18.0 Å². The molecule has 3 N–H and O–H groups in total. The number of benzene rings is 2. The van der Waals surface area contributed by atoms with Crippen LogP contribution in [0.5, 0.6) is 11.5 Å². The van der Waals surface area contributed by atoms with Crippen molar-refractivity contribution in [2.45, 2.75) is 110 Å². The lowest BCUT2D eigenvalue weighted by molar-refractivity contribution is -0.132. The number of ether oxygens (including phenoxy) is 1. The molecule has 0 aliphatic rings. The van der Waals surface area contributed by atoms with Gasteiger partial charge in [-0.1, -0.05) is 103 Å². The SMILES string of the molecule is CCCCCCCCCCCCCCCCCCOc1ccc(NC(=O)C(=O)Nc2ccc(O)cc2)cc1. The third kappa shape index (κ3) is 14.7. The van der Waals surface area contributed by atoms with E-state index in [0.717, 1.165) is 12.2 Å². The van der Waals surface area contributed by atoms with Gasteiger partial charge in [-0.2, -0.15) is 0 Å². The number of carbonyl (C=O) groups excluding carboxylic acids is 2. The van der Waals surface area contributed by atoms with Crippen LogP contribution in [-0.4, -0.2) is 23.5 Å². The van der Waals surface area contributed by atoms with Crippen LogP contribution in [-0.2, 0) is 9.59 Å². The fourth-order valence-corrected chi connectivity index (χ4v) is 4.40. The fraction of sp³-hybridized carbons (Fsp3) is 0.562. The van der Waals surface area contributed by atoms with Crippen molar-refractivity contribution in [3.8, 4) is 11.5 Å². The van der Waals surface area contributed by atoms with Crippen LogP contribution in [0.4, 0.5) is 11.4 Å². The van der Waals surface area contributed by atoms with Crippen LogP contribution in [0.15, 0.2) is 48.5 Å². The van der Waals surface area contributed by atoms with E-state index in [1.807, 2.05) is 0 Å². The molecule has 38 heavy (non-hydrogen) atoms. The number of hydrogen-bond donors (Lipinski definition) is 3. The Kier molecular flexibility index (Phi) is 16.4. The highest BCUT2D eigenvalue weighted by Gasteiger charge is 2.14. The minimum Gasteiger partial charge on any atom is -0.508 e. The zero-order chi connectivity index (χ0) is 27.3. The van der Waals surface area contributed by atoms with Gasteiger partial charge in [0.1, 0.15) is 11.5 Å². The van der Waals surface area contributed by atoms with E-state index < -0.39 is 11.8 Å². The Morgan fingerprint density at radius 1 is 0.579 bits per heavy atom. The van der Waals surface area contributed by atoms with Crippen LogP contribution in [0.25, 0.3) is 0 Å². The van der Waals surface area contributed by atoms with Crippen molar-refractivity contribution in [3.63, 3.8) is 0 Å². The maximum absolute atomic E-state index is 12.1. The summed E-state index contributed by atoms with van der Waals surface area (Å²) in [6, 6.07) is 12.9. The summed E-state index contributed by atoms with van der Waals surface area (Å²) in [5, 5.41) is 14.3. The van der Waals surface area contributed by atoms with Gasteiger partial charge < -0.3 is 20.5 Å². The van der Waals surface area contributed by atoms with Crippen molar-refractivity contribution >= 4 is 23.2 Å². The Morgan fingerprint density at radius 3 is 1.37 bits per heavy atom. The Bertz CT molecular complexity index is 897. The lowest BCUT2D eigenvalue weighted by atomic mass is 10.0. The van der Waals surface area contributed by atoms with Gasteiger partial charge in [0.2, 0.25) is 0 Å². The van der Waals surface area contributed by atoms with Gasteiger partial charge in [0.15, 0.2) is 0 Å². The maximum atomic E-state index is 12.1. The van der Waals surface area contributed by atoms with Crippen LogP contribution in [0.2, 0.25) is 0 Å².